The summed E-state index contributed by atoms with van der Waals surface area (Å²) in [4.78, 5) is 20.5. The zero-order valence-corrected chi connectivity index (χ0v) is 13.6. The number of carbonyl (C=O) groups excluding carboxylic acids is 1. The van der Waals surface area contributed by atoms with Gasteiger partial charge in [-0.1, -0.05) is 0 Å². The first kappa shape index (κ1) is 14.9. The molecular formula is C15H23N3O2S. The van der Waals surface area contributed by atoms with Gasteiger partial charge in [0.25, 0.3) is 5.91 Å². The van der Waals surface area contributed by atoms with E-state index in [-0.39, 0.29) is 17.6 Å². The van der Waals surface area contributed by atoms with Gasteiger partial charge in [-0.15, -0.1) is 11.3 Å². The quantitative estimate of drug-likeness (QED) is 0.853. The number of hydrogen-bond acceptors (Lipinski definition) is 5. The van der Waals surface area contributed by atoms with E-state index in [1.165, 1.54) is 5.01 Å². The number of rotatable bonds is 3. The van der Waals surface area contributed by atoms with E-state index in [1.807, 2.05) is 11.6 Å². The van der Waals surface area contributed by atoms with Gasteiger partial charge in [0, 0.05) is 38.8 Å². The van der Waals surface area contributed by atoms with Crippen molar-refractivity contribution in [1.82, 2.24) is 14.8 Å². The van der Waals surface area contributed by atoms with Crippen LogP contribution in [0.3, 0.4) is 0 Å². The molecule has 2 fully saturated rings. The summed E-state index contributed by atoms with van der Waals surface area (Å²) in [5.41, 5.74) is -0.0598. The van der Waals surface area contributed by atoms with Crippen molar-refractivity contribution in [1.29, 1.82) is 0 Å². The van der Waals surface area contributed by atoms with E-state index < -0.39 is 0 Å². The maximum Gasteiger partial charge on any atom is 0.251 e. The SMILES string of the molecule is CN(C)C(=O)C1CCC2(CCN(Cc3nccs3)CC2)O1. The molecule has 1 aromatic heterocycles. The molecule has 3 heterocycles. The molecule has 116 valence electrons. The van der Waals surface area contributed by atoms with Crippen LogP contribution in [0, 0.1) is 0 Å². The van der Waals surface area contributed by atoms with Gasteiger partial charge in [-0.2, -0.15) is 0 Å². The zero-order chi connectivity index (χ0) is 14.9. The summed E-state index contributed by atoms with van der Waals surface area (Å²) in [6.45, 7) is 3.00. The predicted octanol–water partition coefficient (Wildman–Crippen LogP) is 1.74. The number of ether oxygens (including phenoxy) is 1. The molecule has 1 atom stereocenters. The third-order valence-corrected chi connectivity index (χ3v) is 5.34. The van der Waals surface area contributed by atoms with Gasteiger partial charge >= 0.3 is 0 Å². The lowest BCUT2D eigenvalue weighted by atomic mass is 9.88. The van der Waals surface area contributed by atoms with Gasteiger partial charge in [-0.25, -0.2) is 4.98 Å². The smallest absolute Gasteiger partial charge is 0.251 e. The molecule has 2 aliphatic heterocycles. The lowest BCUT2D eigenvalue weighted by Gasteiger charge is -2.38. The minimum absolute atomic E-state index is 0.0598. The zero-order valence-electron chi connectivity index (χ0n) is 12.7. The minimum Gasteiger partial charge on any atom is -0.362 e. The molecule has 1 amide bonds. The lowest BCUT2D eigenvalue weighted by molar-refractivity contribution is -0.148. The average Bonchev–Trinajstić information content (AvgIpc) is 3.11. The number of aromatic nitrogens is 1. The van der Waals surface area contributed by atoms with Crippen molar-refractivity contribution in [3.8, 4) is 0 Å². The Hall–Kier alpha value is -0.980. The van der Waals surface area contributed by atoms with Crippen molar-refractivity contribution >= 4 is 17.2 Å². The molecule has 1 aromatic rings. The maximum atomic E-state index is 12.0. The Morgan fingerprint density at radius 1 is 1.48 bits per heavy atom. The molecule has 2 saturated heterocycles. The number of carbonyl (C=O) groups is 1. The van der Waals surface area contributed by atoms with Crippen molar-refractivity contribution in [3.05, 3.63) is 16.6 Å². The highest BCUT2D eigenvalue weighted by Gasteiger charge is 2.44. The van der Waals surface area contributed by atoms with Gasteiger partial charge < -0.3 is 9.64 Å². The van der Waals surface area contributed by atoms with Crippen LogP contribution < -0.4 is 0 Å². The van der Waals surface area contributed by atoms with Crippen LogP contribution >= 0.6 is 11.3 Å². The van der Waals surface area contributed by atoms with E-state index in [0.29, 0.717) is 0 Å². The molecule has 0 N–H and O–H groups in total. The minimum atomic E-state index is -0.231. The number of amides is 1. The van der Waals surface area contributed by atoms with Crippen LogP contribution in [0.5, 0.6) is 0 Å². The van der Waals surface area contributed by atoms with E-state index >= 15 is 0 Å². The Morgan fingerprint density at radius 3 is 2.86 bits per heavy atom. The number of nitrogens with zero attached hydrogens (tertiary/aromatic N) is 3. The van der Waals surface area contributed by atoms with Crippen LogP contribution in [0.15, 0.2) is 11.6 Å². The van der Waals surface area contributed by atoms with Crippen molar-refractivity contribution in [2.24, 2.45) is 0 Å². The van der Waals surface area contributed by atoms with Gasteiger partial charge in [-0.3, -0.25) is 9.69 Å². The molecule has 2 aliphatic rings. The van der Waals surface area contributed by atoms with Crippen LogP contribution in [0.2, 0.25) is 0 Å². The van der Waals surface area contributed by atoms with Crippen molar-refractivity contribution in [2.45, 2.75) is 43.9 Å². The van der Waals surface area contributed by atoms with Crippen molar-refractivity contribution < 1.29 is 9.53 Å². The molecule has 5 nitrogen and oxygen atoms in total. The van der Waals surface area contributed by atoms with Crippen molar-refractivity contribution in [3.63, 3.8) is 0 Å². The maximum absolute atomic E-state index is 12.0. The number of likely N-dealkylation sites (tertiary alicyclic amines) is 1. The van der Waals surface area contributed by atoms with Gasteiger partial charge in [0.05, 0.1) is 12.1 Å². The van der Waals surface area contributed by atoms with Gasteiger partial charge in [0.2, 0.25) is 0 Å². The molecule has 0 aromatic carbocycles. The van der Waals surface area contributed by atoms with Crippen LogP contribution in [-0.2, 0) is 16.1 Å². The normalized spacial score (nSPS) is 25.3. The summed E-state index contributed by atoms with van der Waals surface area (Å²) in [6, 6.07) is 0. The largest absolute Gasteiger partial charge is 0.362 e. The molecule has 6 heteroatoms. The highest BCUT2D eigenvalue weighted by atomic mass is 32.1. The predicted molar refractivity (Wildman–Crippen MR) is 82.2 cm³/mol. The second-order valence-corrected chi connectivity index (χ2v) is 7.24. The van der Waals surface area contributed by atoms with E-state index in [0.717, 1.165) is 45.3 Å². The number of thiazole rings is 1. The molecule has 0 bridgehead atoms. The lowest BCUT2D eigenvalue weighted by Crippen LogP contribution is -2.45. The van der Waals surface area contributed by atoms with E-state index in [4.69, 9.17) is 4.74 Å². The van der Waals surface area contributed by atoms with Gasteiger partial charge in [0.15, 0.2) is 0 Å². The Bertz CT molecular complexity index is 481. The fraction of sp³-hybridized carbons (Fsp3) is 0.733. The molecule has 0 radical (unpaired) electrons. The van der Waals surface area contributed by atoms with E-state index in [9.17, 15) is 4.79 Å². The molecule has 3 rings (SSSR count). The highest BCUT2D eigenvalue weighted by Crippen LogP contribution is 2.39. The monoisotopic (exact) mass is 309 g/mol. The van der Waals surface area contributed by atoms with E-state index in [2.05, 4.69) is 9.88 Å². The Morgan fingerprint density at radius 2 is 2.24 bits per heavy atom. The summed E-state index contributed by atoms with van der Waals surface area (Å²) in [5, 5.41) is 3.21. The topological polar surface area (TPSA) is 45.7 Å². The molecule has 0 aliphatic carbocycles. The second kappa shape index (κ2) is 6.02. The van der Waals surface area contributed by atoms with Gasteiger partial charge in [0.1, 0.15) is 11.1 Å². The van der Waals surface area contributed by atoms with Crippen LogP contribution in [-0.4, -0.2) is 59.6 Å². The summed E-state index contributed by atoms with van der Waals surface area (Å²) >= 11 is 1.71. The number of hydrogen-bond donors (Lipinski definition) is 0. The molecule has 1 unspecified atom stereocenters. The third kappa shape index (κ3) is 3.27. The summed E-state index contributed by atoms with van der Waals surface area (Å²) < 4.78 is 6.17. The molecular weight excluding hydrogens is 286 g/mol. The Kier molecular flexibility index (Phi) is 4.28. The first-order valence-corrected chi connectivity index (χ1v) is 8.46. The number of piperidine rings is 1. The summed E-state index contributed by atoms with van der Waals surface area (Å²) in [5.74, 6) is 0.108. The summed E-state index contributed by atoms with van der Waals surface area (Å²) in [7, 11) is 3.60. The van der Waals surface area contributed by atoms with E-state index in [1.54, 1.807) is 30.3 Å². The average molecular weight is 309 g/mol. The molecule has 1 spiro atoms. The fourth-order valence-electron chi connectivity index (χ4n) is 3.28. The van der Waals surface area contributed by atoms with Crippen LogP contribution in [0.25, 0.3) is 0 Å². The fourth-order valence-corrected chi connectivity index (χ4v) is 3.94. The van der Waals surface area contributed by atoms with Gasteiger partial charge in [-0.05, 0) is 25.7 Å². The third-order valence-electron chi connectivity index (χ3n) is 4.58. The van der Waals surface area contributed by atoms with Crippen LogP contribution in [0.1, 0.15) is 30.7 Å². The Labute approximate surface area is 129 Å². The molecule has 21 heavy (non-hydrogen) atoms. The van der Waals surface area contributed by atoms with Crippen LogP contribution in [0.4, 0.5) is 0 Å². The van der Waals surface area contributed by atoms with Crippen molar-refractivity contribution in [2.75, 3.05) is 27.2 Å². The summed E-state index contributed by atoms with van der Waals surface area (Å²) in [6.07, 6.45) is 5.56. The first-order chi connectivity index (χ1) is 10.1. The Balaban J connectivity index is 1.52. The highest BCUT2D eigenvalue weighted by molar-refractivity contribution is 7.09. The molecule has 0 saturated carbocycles. The first-order valence-electron chi connectivity index (χ1n) is 7.58. The second-order valence-electron chi connectivity index (χ2n) is 6.26. The standard InChI is InChI=1S/C15H23N3O2S/c1-17(2)14(19)12-3-4-15(20-12)5-8-18(9-6-15)11-13-16-7-10-21-13/h7,10,12H,3-6,8-9,11H2,1-2H3. The number of likely N-dealkylation sites (N-methyl/N-ethyl adjacent to an activating group) is 1.